The summed E-state index contributed by atoms with van der Waals surface area (Å²) >= 11 is 0. The highest BCUT2D eigenvalue weighted by atomic mass is 19.4. The van der Waals surface area contributed by atoms with Crippen molar-refractivity contribution in [1.29, 1.82) is 0 Å². The molecule has 2 aliphatic rings. The quantitative estimate of drug-likeness (QED) is 0.846. The SMILES string of the molecule is CCCN(C(=O)C(F)(F)F)C1CC2CCC(C1)N2. The van der Waals surface area contributed by atoms with Gasteiger partial charge in [-0.25, -0.2) is 0 Å². The van der Waals surface area contributed by atoms with Crippen LogP contribution in [-0.2, 0) is 4.79 Å². The van der Waals surface area contributed by atoms with Gasteiger partial charge < -0.3 is 10.2 Å². The molecule has 2 atom stereocenters. The minimum atomic E-state index is -4.75. The van der Waals surface area contributed by atoms with E-state index in [1.54, 1.807) is 6.92 Å². The zero-order chi connectivity index (χ0) is 13.3. The first kappa shape index (κ1) is 13.6. The number of hydrogen-bond acceptors (Lipinski definition) is 2. The van der Waals surface area contributed by atoms with Crippen molar-refractivity contribution in [2.24, 2.45) is 0 Å². The molecule has 6 heteroatoms. The summed E-state index contributed by atoms with van der Waals surface area (Å²) in [5, 5.41) is 3.38. The van der Waals surface area contributed by atoms with Crippen molar-refractivity contribution in [2.75, 3.05) is 6.54 Å². The summed E-state index contributed by atoms with van der Waals surface area (Å²) in [4.78, 5) is 12.5. The molecule has 0 spiro atoms. The van der Waals surface area contributed by atoms with Gasteiger partial charge in [0, 0.05) is 24.7 Å². The molecule has 0 aromatic carbocycles. The molecule has 2 rings (SSSR count). The van der Waals surface area contributed by atoms with Crippen LogP contribution in [0.1, 0.15) is 39.0 Å². The van der Waals surface area contributed by atoms with Gasteiger partial charge in [-0.1, -0.05) is 6.92 Å². The Morgan fingerprint density at radius 2 is 1.83 bits per heavy atom. The van der Waals surface area contributed by atoms with Crippen LogP contribution in [0.2, 0.25) is 0 Å². The minimum absolute atomic E-state index is 0.197. The molecule has 104 valence electrons. The number of carbonyl (C=O) groups is 1. The van der Waals surface area contributed by atoms with Crippen molar-refractivity contribution in [2.45, 2.75) is 63.3 Å². The van der Waals surface area contributed by atoms with Gasteiger partial charge in [-0.05, 0) is 32.1 Å². The van der Waals surface area contributed by atoms with Crippen LogP contribution in [0.4, 0.5) is 13.2 Å². The Morgan fingerprint density at radius 3 is 2.28 bits per heavy atom. The maximum absolute atomic E-state index is 12.6. The molecule has 2 bridgehead atoms. The lowest BCUT2D eigenvalue weighted by Gasteiger charge is -2.38. The van der Waals surface area contributed by atoms with Gasteiger partial charge in [0.1, 0.15) is 0 Å². The topological polar surface area (TPSA) is 32.3 Å². The molecule has 1 N–H and O–H groups in total. The number of nitrogens with one attached hydrogen (secondary N) is 1. The van der Waals surface area contributed by atoms with E-state index >= 15 is 0 Å². The van der Waals surface area contributed by atoms with Crippen molar-refractivity contribution >= 4 is 5.91 Å². The third-order valence-electron chi connectivity index (χ3n) is 3.86. The van der Waals surface area contributed by atoms with Crippen LogP contribution in [0.25, 0.3) is 0 Å². The first-order chi connectivity index (χ1) is 8.41. The highest BCUT2D eigenvalue weighted by Gasteiger charge is 2.46. The average molecular weight is 264 g/mol. The molecule has 0 aromatic rings. The summed E-state index contributed by atoms with van der Waals surface area (Å²) in [5.41, 5.74) is 0. The molecule has 2 heterocycles. The first-order valence-corrected chi connectivity index (χ1v) is 6.55. The van der Waals surface area contributed by atoms with Gasteiger partial charge in [-0.2, -0.15) is 13.2 Å². The molecule has 18 heavy (non-hydrogen) atoms. The number of carbonyl (C=O) groups excluding carboxylic acids is 1. The van der Waals surface area contributed by atoms with Crippen molar-refractivity contribution in [1.82, 2.24) is 10.2 Å². The smallest absolute Gasteiger partial charge is 0.332 e. The van der Waals surface area contributed by atoms with E-state index in [-0.39, 0.29) is 24.7 Å². The van der Waals surface area contributed by atoms with Crippen LogP contribution < -0.4 is 5.32 Å². The molecular weight excluding hydrogens is 245 g/mol. The van der Waals surface area contributed by atoms with Crippen LogP contribution in [-0.4, -0.2) is 41.7 Å². The van der Waals surface area contributed by atoms with Crippen LogP contribution >= 0.6 is 0 Å². The van der Waals surface area contributed by atoms with Crippen molar-refractivity contribution in [3.8, 4) is 0 Å². The lowest BCUT2D eigenvalue weighted by molar-refractivity contribution is -0.188. The molecule has 2 unspecified atom stereocenters. The number of piperidine rings is 1. The Morgan fingerprint density at radius 1 is 1.28 bits per heavy atom. The Kier molecular flexibility index (Phi) is 3.84. The molecule has 0 aromatic heterocycles. The Hall–Kier alpha value is -0.780. The predicted octanol–water partition coefficient (Wildman–Crippen LogP) is 2.07. The van der Waals surface area contributed by atoms with E-state index in [1.807, 2.05) is 0 Å². The van der Waals surface area contributed by atoms with Crippen LogP contribution in [0.15, 0.2) is 0 Å². The molecule has 2 saturated heterocycles. The largest absolute Gasteiger partial charge is 0.471 e. The van der Waals surface area contributed by atoms with Crippen molar-refractivity contribution in [3.63, 3.8) is 0 Å². The molecular formula is C12H19F3N2O. The van der Waals surface area contributed by atoms with Crippen LogP contribution in [0, 0.1) is 0 Å². The zero-order valence-electron chi connectivity index (χ0n) is 10.5. The van der Waals surface area contributed by atoms with E-state index in [1.165, 1.54) is 0 Å². The number of rotatable bonds is 3. The number of alkyl halides is 3. The lowest BCUT2D eigenvalue weighted by Crippen LogP contribution is -2.53. The number of amides is 1. The van der Waals surface area contributed by atoms with E-state index in [4.69, 9.17) is 0 Å². The molecule has 0 aliphatic carbocycles. The van der Waals surface area contributed by atoms with E-state index in [9.17, 15) is 18.0 Å². The van der Waals surface area contributed by atoms with E-state index < -0.39 is 12.1 Å². The fraction of sp³-hybridized carbons (Fsp3) is 0.917. The summed E-state index contributed by atoms with van der Waals surface area (Å²) in [6, 6.07) is 0.320. The maximum Gasteiger partial charge on any atom is 0.471 e. The average Bonchev–Trinajstić information content (AvgIpc) is 2.63. The number of nitrogens with zero attached hydrogens (tertiary/aromatic N) is 1. The van der Waals surface area contributed by atoms with Gasteiger partial charge in [0.15, 0.2) is 0 Å². The zero-order valence-corrected chi connectivity index (χ0v) is 10.5. The summed E-state index contributed by atoms with van der Waals surface area (Å²) < 4.78 is 37.7. The highest BCUT2D eigenvalue weighted by molar-refractivity contribution is 5.82. The van der Waals surface area contributed by atoms with Gasteiger partial charge >= 0.3 is 12.1 Å². The standard InChI is InChI=1S/C12H19F3N2O/c1-2-5-17(11(18)12(13,14)15)10-6-8-3-4-9(7-10)16-8/h8-10,16H,2-7H2,1H3. The fourth-order valence-electron chi connectivity index (χ4n) is 3.14. The van der Waals surface area contributed by atoms with E-state index in [2.05, 4.69) is 5.32 Å². The van der Waals surface area contributed by atoms with Gasteiger partial charge in [-0.15, -0.1) is 0 Å². The Balaban J connectivity index is 2.08. The molecule has 0 saturated carbocycles. The minimum Gasteiger partial charge on any atom is -0.332 e. The first-order valence-electron chi connectivity index (χ1n) is 6.55. The number of fused-ring (bicyclic) bond motifs is 2. The molecule has 2 fully saturated rings. The monoisotopic (exact) mass is 264 g/mol. The summed E-state index contributed by atoms with van der Waals surface area (Å²) in [5.74, 6) is -1.67. The second-order valence-electron chi connectivity index (χ2n) is 5.26. The van der Waals surface area contributed by atoms with E-state index in [0.29, 0.717) is 19.3 Å². The third-order valence-corrected chi connectivity index (χ3v) is 3.86. The molecule has 2 aliphatic heterocycles. The molecule has 1 amide bonds. The Bertz CT molecular complexity index is 307. The predicted molar refractivity (Wildman–Crippen MR) is 61.0 cm³/mol. The lowest BCUT2D eigenvalue weighted by atomic mass is 9.98. The normalized spacial score (nSPS) is 31.4. The molecule has 0 radical (unpaired) electrons. The van der Waals surface area contributed by atoms with E-state index in [0.717, 1.165) is 17.7 Å². The highest BCUT2D eigenvalue weighted by Crippen LogP contribution is 2.31. The third kappa shape index (κ3) is 2.79. The van der Waals surface area contributed by atoms with Gasteiger partial charge in [0.25, 0.3) is 0 Å². The summed E-state index contributed by atoms with van der Waals surface area (Å²) in [6.07, 6.45) is -0.862. The summed E-state index contributed by atoms with van der Waals surface area (Å²) in [6.45, 7) is 1.99. The van der Waals surface area contributed by atoms with Crippen LogP contribution in [0.5, 0.6) is 0 Å². The van der Waals surface area contributed by atoms with Crippen LogP contribution in [0.3, 0.4) is 0 Å². The second-order valence-corrected chi connectivity index (χ2v) is 5.26. The van der Waals surface area contributed by atoms with Crippen molar-refractivity contribution in [3.05, 3.63) is 0 Å². The summed E-state index contributed by atoms with van der Waals surface area (Å²) in [7, 11) is 0. The maximum atomic E-state index is 12.6. The number of halogens is 3. The molecule has 3 nitrogen and oxygen atoms in total. The van der Waals surface area contributed by atoms with Crippen molar-refractivity contribution < 1.29 is 18.0 Å². The van der Waals surface area contributed by atoms with Gasteiger partial charge in [-0.3, -0.25) is 4.79 Å². The Labute approximate surface area is 105 Å². The fourth-order valence-corrected chi connectivity index (χ4v) is 3.14. The van der Waals surface area contributed by atoms with Gasteiger partial charge in [0.2, 0.25) is 0 Å². The number of hydrogen-bond donors (Lipinski definition) is 1. The van der Waals surface area contributed by atoms with Gasteiger partial charge in [0.05, 0.1) is 0 Å². The second kappa shape index (κ2) is 5.07.